The minimum atomic E-state index is -0.494. The van der Waals surface area contributed by atoms with E-state index in [2.05, 4.69) is 15.9 Å². The van der Waals surface area contributed by atoms with Gasteiger partial charge in [0.15, 0.2) is 0 Å². The predicted octanol–water partition coefficient (Wildman–Crippen LogP) is 3.68. The minimum absolute atomic E-state index is 0.0492. The van der Waals surface area contributed by atoms with Gasteiger partial charge in [0.1, 0.15) is 11.4 Å². The van der Waals surface area contributed by atoms with E-state index in [1.54, 1.807) is 0 Å². The second-order valence-electron chi connectivity index (χ2n) is 5.43. The van der Waals surface area contributed by atoms with Gasteiger partial charge in [-0.1, -0.05) is 28.1 Å². The molecule has 3 nitrogen and oxygen atoms in total. The summed E-state index contributed by atoms with van der Waals surface area (Å²) in [7, 11) is 0. The van der Waals surface area contributed by atoms with Gasteiger partial charge >= 0.3 is 5.97 Å². The average molecular weight is 327 g/mol. The molecule has 0 spiro atoms. The van der Waals surface area contributed by atoms with Crippen molar-refractivity contribution in [2.45, 2.75) is 45.6 Å². The van der Waals surface area contributed by atoms with Gasteiger partial charge in [-0.2, -0.15) is 0 Å². The number of carbonyl (C=O) groups excluding carboxylic acids is 2. The normalized spacial score (nSPS) is 11.2. The summed E-state index contributed by atoms with van der Waals surface area (Å²) in [6.45, 7) is 5.44. The maximum atomic E-state index is 11.7. The number of rotatable bonds is 5. The first-order valence-corrected chi connectivity index (χ1v) is 7.03. The Balaban J connectivity index is 2.36. The van der Waals surface area contributed by atoms with Crippen molar-refractivity contribution in [1.82, 2.24) is 0 Å². The fourth-order valence-corrected chi connectivity index (χ4v) is 1.82. The van der Waals surface area contributed by atoms with Crippen LogP contribution >= 0.6 is 15.9 Å². The van der Waals surface area contributed by atoms with Gasteiger partial charge in [0.25, 0.3) is 0 Å². The molecule has 0 N–H and O–H groups in total. The number of benzene rings is 1. The second kappa shape index (κ2) is 6.85. The standard InChI is InChI=1S/C15H19BrO3/c1-15(2,3)19-14(18)9-8-13(17)10-11-4-6-12(16)7-5-11/h4-7H,8-10H2,1-3H3. The lowest BCUT2D eigenvalue weighted by Crippen LogP contribution is -2.24. The van der Waals surface area contributed by atoms with Crippen LogP contribution in [0, 0.1) is 0 Å². The highest BCUT2D eigenvalue weighted by atomic mass is 79.9. The minimum Gasteiger partial charge on any atom is -0.460 e. The molecule has 0 aliphatic carbocycles. The van der Waals surface area contributed by atoms with Crippen LogP contribution in [0.1, 0.15) is 39.2 Å². The zero-order chi connectivity index (χ0) is 14.5. The molecule has 104 valence electrons. The van der Waals surface area contributed by atoms with Gasteiger partial charge < -0.3 is 4.74 Å². The van der Waals surface area contributed by atoms with Crippen molar-refractivity contribution in [1.29, 1.82) is 0 Å². The lowest BCUT2D eigenvalue weighted by atomic mass is 10.1. The highest BCUT2D eigenvalue weighted by Crippen LogP contribution is 2.13. The van der Waals surface area contributed by atoms with Crippen molar-refractivity contribution >= 4 is 27.7 Å². The third-order valence-electron chi connectivity index (χ3n) is 2.34. The first-order chi connectivity index (χ1) is 8.76. The highest BCUT2D eigenvalue weighted by Gasteiger charge is 2.17. The first-order valence-electron chi connectivity index (χ1n) is 6.24. The fourth-order valence-electron chi connectivity index (χ4n) is 1.55. The smallest absolute Gasteiger partial charge is 0.306 e. The number of ether oxygens (including phenoxy) is 1. The summed E-state index contributed by atoms with van der Waals surface area (Å²) in [5.74, 6) is -0.273. The van der Waals surface area contributed by atoms with Crippen LogP contribution in [0.15, 0.2) is 28.7 Å². The molecule has 0 aliphatic rings. The summed E-state index contributed by atoms with van der Waals surface area (Å²) < 4.78 is 6.14. The molecule has 0 heterocycles. The van der Waals surface area contributed by atoms with Crippen LogP contribution in [0.2, 0.25) is 0 Å². The van der Waals surface area contributed by atoms with E-state index in [4.69, 9.17) is 4.74 Å². The second-order valence-corrected chi connectivity index (χ2v) is 6.34. The Labute approximate surface area is 122 Å². The maximum absolute atomic E-state index is 11.7. The fraction of sp³-hybridized carbons (Fsp3) is 0.467. The van der Waals surface area contributed by atoms with Crippen LogP contribution in [0.5, 0.6) is 0 Å². The highest BCUT2D eigenvalue weighted by molar-refractivity contribution is 9.10. The van der Waals surface area contributed by atoms with Gasteiger partial charge in [0.2, 0.25) is 0 Å². The molecule has 1 aromatic carbocycles. The van der Waals surface area contributed by atoms with Crippen LogP contribution in [-0.4, -0.2) is 17.4 Å². The van der Waals surface area contributed by atoms with Crippen LogP contribution in [-0.2, 0) is 20.7 Å². The molecule has 0 bridgehead atoms. The van der Waals surface area contributed by atoms with E-state index in [1.807, 2.05) is 45.0 Å². The lowest BCUT2D eigenvalue weighted by molar-refractivity contribution is -0.155. The predicted molar refractivity (Wildman–Crippen MR) is 77.9 cm³/mol. The number of Topliss-reactive ketones (excluding diaryl/α,β-unsaturated/α-hetero) is 1. The molecule has 0 aromatic heterocycles. The maximum Gasteiger partial charge on any atom is 0.306 e. The number of halogens is 1. The molecular formula is C15H19BrO3. The van der Waals surface area contributed by atoms with Crippen LogP contribution in [0.3, 0.4) is 0 Å². The molecule has 0 amide bonds. The third kappa shape index (κ3) is 7.11. The molecule has 0 radical (unpaired) electrons. The van der Waals surface area contributed by atoms with Crippen molar-refractivity contribution in [3.8, 4) is 0 Å². The van der Waals surface area contributed by atoms with E-state index >= 15 is 0 Å². The van der Waals surface area contributed by atoms with Crippen molar-refractivity contribution < 1.29 is 14.3 Å². The van der Waals surface area contributed by atoms with Crippen LogP contribution in [0.25, 0.3) is 0 Å². The quantitative estimate of drug-likeness (QED) is 0.775. The zero-order valence-corrected chi connectivity index (χ0v) is 13.1. The van der Waals surface area contributed by atoms with Crippen LogP contribution < -0.4 is 0 Å². The molecule has 0 atom stereocenters. The number of hydrogen-bond donors (Lipinski definition) is 0. The molecular weight excluding hydrogens is 308 g/mol. The van der Waals surface area contributed by atoms with E-state index < -0.39 is 5.60 Å². The van der Waals surface area contributed by atoms with Gasteiger partial charge in [-0.3, -0.25) is 9.59 Å². The van der Waals surface area contributed by atoms with Gasteiger partial charge in [-0.05, 0) is 38.5 Å². The van der Waals surface area contributed by atoms with Gasteiger partial charge in [-0.15, -0.1) is 0 Å². The Morgan fingerprint density at radius 2 is 1.68 bits per heavy atom. The summed E-state index contributed by atoms with van der Waals surface area (Å²) in [6, 6.07) is 7.60. The lowest BCUT2D eigenvalue weighted by Gasteiger charge is -2.19. The average Bonchev–Trinajstić information content (AvgIpc) is 2.27. The summed E-state index contributed by atoms with van der Waals surface area (Å²) in [6.07, 6.45) is 0.730. The monoisotopic (exact) mass is 326 g/mol. The molecule has 1 rings (SSSR count). The summed E-state index contributed by atoms with van der Waals surface area (Å²) in [5, 5.41) is 0. The molecule has 0 saturated heterocycles. The van der Waals surface area contributed by atoms with Gasteiger partial charge in [0, 0.05) is 17.3 Å². The molecule has 1 aromatic rings. The number of ketones is 1. The number of hydrogen-bond acceptors (Lipinski definition) is 3. The molecule has 0 unspecified atom stereocenters. The zero-order valence-electron chi connectivity index (χ0n) is 11.5. The Bertz CT molecular complexity index is 443. The Morgan fingerprint density at radius 1 is 1.11 bits per heavy atom. The van der Waals surface area contributed by atoms with Crippen molar-refractivity contribution in [3.05, 3.63) is 34.3 Å². The van der Waals surface area contributed by atoms with Crippen molar-refractivity contribution in [3.63, 3.8) is 0 Å². The Hall–Kier alpha value is -1.16. The summed E-state index contributed by atoms with van der Waals surface area (Å²) >= 11 is 3.34. The van der Waals surface area contributed by atoms with Gasteiger partial charge in [0.05, 0.1) is 6.42 Å². The summed E-state index contributed by atoms with van der Waals surface area (Å²) in [5.41, 5.74) is 0.462. The molecule has 4 heteroatoms. The van der Waals surface area contributed by atoms with E-state index in [0.29, 0.717) is 6.42 Å². The number of esters is 1. The van der Waals surface area contributed by atoms with Gasteiger partial charge in [-0.25, -0.2) is 0 Å². The van der Waals surface area contributed by atoms with E-state index in [-0.39, 0.29) is 24.6 Å². The summed E-state index contributed by atoms with van der Waals surface area (Å²) in [4.78, 5) is 23.2. The van der Waals surface area contributed by atoms with E-state index in [9.17, 15) is 9.59 Å². The van der Waals surface area contributed by atoms with Crippen LogP contribution in [0.4, 0.5) is 0 Å². The van der Waals surface area contributed by atoms with E-state index in [0.717, 1.165) is 10.0 Å². The Kier molecular flexibility index (Phi) is 5.73. The van der Waals surface area contributed by atoms with Crippen molar-refractivity contribution in [2.75, 3.05) is 0 Å². The SMILES string of the molecule is CC(C)(C)OC(=O)CCC(=O)Cc1ccc(Br)cc1. The molecule has 0 saturated carbocycles. The number of carbonyl (C=O) groups is 2. The van der Waals surface area contributed by atoms with E-state index in [1.165, 1.54) is 0 Å². The molecule has 0 fully saturated rings. The van der Waals surface area contributed by atoms with Crippen molar-refractivity contribution in [2.24, 2.45) is 0 Å². The molecule has 0 aliphatic heterocycles. The topological polar surface area (TPSA) is 43.4 Å². The largest absolute Gasteiger partial charge is 0.460 e. The first kappa shape index (κ1) is 15.9. The third-order valence-corrected chi connectivity index (χ3v) is 2.87. The Morgan fingerprint density at radius 3 is 2.21 bits per heavy atom. The molecule has 19 heavy (non-hydrogen) atoms.